The van der Waals surface area contributed by atoms with Crippen LogP contribution in [0, 0.1) is 0 Å². The van der Waals surface area contributed by atoms with E-state index in [1.807, 2.05) is 43.4 Å². The SMILES string of the molecule is C/C=C/C=C/c1ccc(C(=O)OCC)cc1.CCC(F)(F)F. The van der Waals surface area contributed by atoms with Gasteiger partial charge in [0.15, 0.2) is 0 Å². The summed E-state index contributed by atoms with van der Waals surface area (Å²) in [5.41, 5.74) is 1.65. The van der Waals surface area contributed by atoms with Crippen molar-refractivity contribution < 1.29 is 22.7 Å². The molecule has 122 valence electrons. The fourth-order valence-corrected chi connectivity index (χ4v) is 1.22. The standard InChI is InChI=1S/C14H16O2.C3H5F3/c1-3-5-6-7-12-8-10-13(11-9-12)14(15)16-4-2;1-2-3(4,5)6/h3,5-11H,4H2,1-2H3;2H2,1H3/b5-3+,7-6+;. The van der Waals surface area contributed by atoms with Crippen LogP contribution in [-0.4, -0.2) is 18.8 Å². The Morgan fingerprint density at radius 2 is 1.68 bits per heavy atom. The lowest BCUT2D eigenvalue weighted by atomic mass is 10.1. The number of halogens is 3. The van der Waals surface area contributed by atoms with Crippen molar-refractivity contribution in [1.82, 2.24) is 0 Å². The average molecular weight is 314 g/mol. The molecule has 0 aliphatic heterocycles. The van der Waals surface area contributed by atoms with E-state index in [0.717, 1.165) is 12.5 Å². The number of carbonyl (C=O) groups is 1. The van der Waals surface area contributed by atoms with E-state index in [4.69, 9.17) is 4.74 Å². The Balaban J connectivity index is 0.000000626. The molecule has 0 saturated carbocycles. The van der Waals surface area contributed by atoms with E-state index in [2.05, 4.69) is 0 Å². The van der Waals surface area contributed by atoms with Gasteiger partial charge in [0.05, 0.1) is 12.2 Å². The molecule has 0 saturated heterocycles. The van der Waals surface area contributed by atoms with Gasteiger partial charge in [-0.25, -0.2) is 4.79 Å². The molecule has 0 atom stereocenters. The van der Waals surface area contributed by atoms with Crippen LogP contribution in [0.25, 0.3) is 6.08 Å². The Morgan fingerprint density at radius 1 is 1.14 bits per heavy atom. The van der Waals surface area contributed by atoms with Crippen LogP contribution in [0.3, 0.4) is 0 Å². The summed E-state index contributed by atoms with van der Waals surface area (Å²) < 4.78 is 37.3. The number of alkyl halides is 3. The summed E-state index contributed by atoms with van der Waals surface area (Å²) in [6.45, 7) is 5.25. The number of allylic oxidation sites excluding steroid dienone is 3. The van der Waals surface area contributed by atoms with Crippen LogP contribution < -0.4 is 0 Å². The monoisotopic (exact) mass is 314 g/mol. The summed E-state index contributed by atoms with van der Waals surface area (Å²) >= 11 is 0. The van der Waals surface area contributed by atoms with Gasteiger partial charge in [-0.15, -0.1) is 0 Å². The van der Waals surface area contributed by atoms with Crippen LogP contribution >= 0.6 is 0 Å². The van der Waals surface area contributed by atoms with Crippen molar-refractivity contribution in [2.45, 2.75) is 33.4 Å². The van der Waals surface area contributed by atoms with Gasteiger partial charge in [-0.3, -0.25) is 0 Å². The third-order valence-electron chi connectivity index (χ3n) is 2.41. The van der Waals surface area contributed by atoms with Crippen molar-refractivity contribution in [3.05, 3.63) is 53.6 Å². The molecular formula is C17H21F3O2. The number of hydrogen-bond acceptors (Lipinski definition) is 2. The predicted octanol–water partition coefficient (Wildman–Crippen LogP) is 5.41. The van der Waals surface area contributed by atoms with Crippen LogP contribution in [0.1, 0.15) is 43.1 Å². The third kappa shape index (κ3) is 9.80. The summed E-state index contributed by atoms with van der Waals surface area (Å²) in [6.07, 6.45) is 3.17. The molecule has 0 aliphatic rings. The maximum absolute atomic E-state index is 11.4. The second-order valence-electron chi connectivity index (χ2n) is 4.20. The largest absolute Gasteiger partial charge is 0.462 e. The Morgan fingerprint density at radius 3 is 2.09 bits per heavy atom. The molecule has 0 N–H and O–H groups in total. The molecule has 5 heteroatoms. The van der Waals surface area contributed by atoms with Gasteiger partial charge in [0.2, 0.25) is 0 Å². The molecule has 0 fully saturated rings. The first-order chi connectivity index (χ1) is 10.3. The number of benzene rings is 1. The Hall–Kier alpha value is -2.04. The quantitative estimate of drug-likeness (QED) is 0.548. The highest BCUT2D eigenvalue weighted by atomic mass is 19.4. The average Bonchev–Trinajstić information content (AvgIpc) is 2.48. The highest BCUT2D eigenvalue weighted by Crippen LogP contribution is 2.17. The van der Waals surface area contributed by atoms with Crippen molar-refractivity contribution in [1.29, 1.82) is 0 Å². The molecule has 0 heterocycles. The second-order valence-corrected chi connectivity index (χ2v) is 4.20. The topological polar surface area (TPSA) is 26.3 Å². The Bertz CT molecular complexity index is 486. The van der Waals surface area contributed by atoms with Gasteiger partial charge < -0.3 is 4.74 Å². The molecule has 2 nitrogen and oxygen atoms in total. The first-order valence-corrected chi connectivity index (χ1v) is 6.97. The van der Waals surface area contributed by atoms with Crippen LogP contribution in [0.4, 0.5) is 13.2 Å². The smallest absolute Gasteiger partial charge is 0.388 e. The van der Waals surface area contributed by atoms with E-state index in [1.54, 1.807) is 19.1 Å². The van der Waals surface area contributed by atoms with Crippen molar-refractivity contribution in [3.63, 3.8) is 0 Å². The van der Waals surface area contributed by atoms with Gasteiger partial charge >= 0.3 is 12.1 Å². The van der Waals surface area contributed by atoms with Gasteiger partial charge in [-0.2, -0.15) is 13.2 Å². The molecule has 0 spiro atoms. The zero-order valence-electron chi connectivity index (χ0n) is 13.0. The lowest BCUT2D eigenvalue weighted by Gasteiger charge is -2.01. The maximum atomic E-state index is 11.4. The molecule has 0 aromatic heterocycles. The summed E-state index contributed by atoms with van der Waals surface area (Å²) in [7, 11) is 0. The molecule has 22 heavy (non-hydrogen) atoms. The summed E-state index contributed by atoms with van der Waals surface area (Å²) in [6, 6.07) is 7.33. The number of hydrogen-bond donors (Lipinski definition) is 0. The lowest BCUT2D eigenvalue weighted by molar-refractivity contribution is -0.130. The first-order valence-electron chi connectivity index (χ1n) is 6.97. The van der Waals surface area contributed by atoms with E-state index >= 15 is 0 Å². The molecule has 0 unspecified atom stereocenters. The summed E-state index contributed by atoms with van der Waals surface area (Å²) in [5, 5.41) is 0. The Kier molecular flexibility index (Phi) is 9.67. The van der Waals surface area contributed by atoms with Gasteiger partial charge in [0.1, 0.15) is 0 Å². The molecule has 1 rings (SSSR count). The van der Waals surface area contributed by atoms with Crippen molar-refractivity contribution in [3.8, 4) is 0 Å². The molecule has 0 bridgehead atoms. The zero-order chi connectivity index (χ0) is 17.0. The maximum Gasteiger partial charge on any atom is 0.388 e. The van der Waals surface area contributed by atoms with E-state index in [1.165, 1.54) is 0 Å². The summed E-state index contributed by atoms with van der Waals surface area (Å²) in [4.78, 5) is 11.4. The minimum atomic E-state index is -3.96. The molecule has 0 amide bonds. The van der Waals surface area contributed by atoms with Crippen molar-refractivity contribution >= 4 is 12.0 Å². The van der Waals surface area contributed by atoms with Crippen LogP contribution in [-0.2, 0) is 4.74 Å². The fraction of sp³-hybridized carbons (Fsp3) is 0.353. The third-order valence-corrected chi connectivity index (χ3v) is 2.41. The molecular weight excluding hydrogens is 293 g/mol. The number of esters is 1. The number of carbonyl (C=O) groups excluding carboxylic acids is 1. The second kappa shape index (κ2) is 10.7. The number of ether oxygens (including phenoxy) is 1. The molecule has 0 aliphatic carbocycles. The fourth-order valence-electron chi connectivity index (χ4n) is 1.22. The van der Waals surface area contributed by atoms with E-state index < -0.39 is 12.6 Å². The Labute approximate surface area is 129 Å². The highest BCUT2D eigenvalue weighted by Gasteiger charge is 2.22. The van der Waals surface area contributed by atoms with Crippen LogP contribution in [0.15, 0.2) is 42.5 Å². The van der Waals surface area contributed by atoms with E-state index in [0.29, 0.717) is 12.2 Å². The van der Waals surface area contributed by atoms with Crippen LogP contribution in [0.2, 0.25) is 0 Å². The normalized spacial score (nSPS) is 11.4. The van der Waals surface area contributed by atoms with Crippen molar-refractivity contribution in [2.75, 3.05) is 6.61 Å². The van der Waals surface area contributed by atoms with Crippen LogP contribution in [0.5, 0.6) is 0 Å². The highest BCUT2D eigenvalue weighted by molar-refractivity contribution is 5.89. The first kappa shape index (κ1) is 20.0. The van der Waals surface area contributed by atoms with Gasteiger partial charge in [0.25, 0.3) is 0 Å². The molecule has 1 aromatic carbocycles. The van der Waals surface area contributed by atoms with Gasteiger partial charge in [-0.05, 0) is 31.5 Å². The molecule has 0 radical (unpaired) electrons. The minimum absolute atomic E-state index is 0.272. The summed E-state index contributed by atoms with van der Waals surface area (Å²) in [5.74, 6) is -0.272. The van der Waals surface area contributed by atoms with E-state index in [-0.39, 0.29) is 5.97 Å². The van der Waals surface area contributed by atoms with Gasteiger partial charge in [0, 0.05) is 6.42 Å². The predicted molar refractivity (Wildman–Crippen MR) is 82.6 cm³/mol. The minimum Gasteiger partial charge on any atom is -0.462 e. The zero-order valence-corrected chi connectivity index (χ0v) is 13.0. The van der Waals surface area contributed by atoms with E-state index in [9.17, 15) is 18.0 Å². The number of rotatable bonds is 4. The lowest BCUT2D eigenvalue weighted by Crippen LogP contribution is -2.03. The molecule has 1 aromatic rings. The van der Waals surface area contributed by atoms with Crippen molar-refractivity contribution in [2.24, 2.45) is 0 Å². The van der Waals surface area contributed by atoms with Gasteiger partial charge in [-0.1, -0.05) is 43.4 Å².